The van der Waals surface area contributed by atoms with Crippen LogP contribution in [-0.2, 0) is 0 Å². The maximum atomic E-state index is 11.8. The van der Waals surface area contributed by atoms with Crippen LogP contribution >= 0.6 is 0 Å². The van der Waals surface area contributed by atoms with Crippen molar-refractivity contribution in [3.8, 4) is 0 Å². The number of amides is 1. The summed E-state index contributed by atoms with van der Waals surface area (Å²) in [6.45, 7) is 2.59. The first-order valence-corrected chi connectivity index (χ1v) is 6.74. The summed E-state index contributed by atoms with van der Waals surface area (Å²) in [4.78, 5) is 22.5. The van der Waals surface area contributed by atoms with Gasteiger partial charge in [0, 0.05) is 6.54 Å². The Hall–Kier alpha value is -2.56. The van der Waals surface area contributed by atoms with Gasteiger partial charge in [0.2, 0.25) is 5.76 Å². The van der Waals surface area contributed by atoms with Crippen LogP contribution in [0.25, 0.3) is 0 Å². The van der Waals surface area contributed by atoms with E-state index in [0.717, 1.165) is 6.42 Å². The summed E-state index contributed by atoms with van der Waals surface area (Å²) in [5, 5.41) is 11.5. The number of carbonyl (C=O) groups excluding carboxylic acids is 1. The largest absolute Gasteiger partial charge is 0.475 e. The van der Waals surface area contributed by atoms with E-state index in [9.17, 15) is 9.59 Å². The van der Waals surface area contributed by atoms with E-state index >= 15 is 0 Å². The van der Waals surface area contributed by atoms with Crippen LogP contribution in [0.3, 0.4) is 0 Å². The summed E-state index contributed by atoms with van der Waals surface area (Å²) in [6.07, 6.45) is 0.794. The molecule has 0 bridgehead atoms. The van der Waals surface area contributed by atoms with E-state index in [-0.39, 0.29) is 11.5 Å². The van der Waals surface area contributed by atoms with E-state index in [0.29, 0.717) is 12.5 Å². The molecular weight excluding hydrogens is 270 g/mol. The lowest BCUT2D eigenvalue weighted by atomic mass is 9.98. The minimum Gasteiger partial charge on any atom is -0.475 e. The molecule has 1 amide bonds. The number of carboxylic acids is 1. The highest BCUT2D eigenvalue weighted by Crippen LogP contribution is 2.17. The molecule has 5 nitrogen and oxygen atoms in total. The van der Waals surface area contributed by atoms with E-state index in [1.165, 1.54) is 17.7 Å². The average Bonchev–Trinajstić information content (AvgIpc) is 2.98. The molecule has 2 N–H and O–H groups in total. The van der Waals surface area contributed by atoms with Gasteiger partial charge in [0.25, 0.3) is 5.91 Å². The van der Waals surface area contributed by atoms with Gasteiger partial charge in [0.1, 0.15) is 0 Å². The van der Waals surface area contributed by atoms with Crippen LogP contribution < -0.4 is 5.32 Å². The molecule has 1 atom stereocenters. The number of furan rings is 1. The summed E-state index contributed by atoms with van der Waals surface area (Å²) in [5.41, 5.74) is 1.22. The van der Waals surface area contributed by atoms with Crippen LogP contribution in [0.1, 0.15) is 45.9 Å². The van der Waals surface area contributed by atoms with Crippen molar-refractivity contribution in [2.45, 2.75) is 19.3 Å². The van der Waals surface area contributed by atoms with Crippen LogP contribution in [0, 0.1) is 0 Å². The van der Waals surface area contributed by atoms with Gasteiger partial charge in [-0.25, -0.2) is 4.79 Å². The minimum absolute atomic E-state index is 0.0137. The molecule has 0 aliphatic heterocycles. The molecule has 1 aromatic carbocycles. The summed E-state index contributed by atoms with van der Waals surface area (Å²) in [5.74, 6) is -1.48. The lowest BCUT2D eigenvalue weighted by Gasteiger charge is -2.11. The number of nitrogens with one attached hydrogen (secondary N) is 1. The molecule has 1 aromatic heterocycles. The van der Waals surface area contributed by atoms with Crippen LogP contribution in [0.4, 0.5) is 0 Å². The Labute approximate surface area is 122 Å². The van der Waals surface area contributed by atoms with Crippen LogP contribution in [-0.4, -0.2) is 23.5 Å². The molecule has 21 heavy (non-hydrogen) atoms. The van der Waals surface area contributed by atoms with Gasteiger partial charge in [-0.2, -0.15) is 0 Å². The molecule has 0 fully saturated rings. The Kier molecular flexibility index (Phi) is 4.77. The van der Waals surface area contributed by atoms with Crippen molar-refractivity contribution < 1.29 is 19.1 Å². The van der Waals surface area contributed by atoms with Crippen LogP contribution in [0.2, 0.25) is 0 Å². The minimum atomic E-state index is -1.19. The zero-order valence-electron chi connectivity index (χ0n) is 11.7. The maximum absolute atomic E-state index is 11.8. The van der Waals surface area contributed by atoms with Gasteiger partial charge in [-0.05, 0) is 30.0 Å². The van der Waals surface area contributed by atoms with Crippen molar-refractivity contribution >= 4 is 11.9 Å². The number of carbonyl (C=O) groups is 2. The summed E-state index contributed by atoms with van der Waals surface area (Å²) < 4.78 is 4.94. The van der Waals surface area contributed by atoms with Crippen LogP contribution in [0.5, 0.6) is 0 Å². The highest BCUT2D eigenvalue weighted by Gasteiger charge is 2.14. The number of hydrogen-bond acceptors (Lipinski definition) is 3. The van der Waals surface area contributed by atoms with Crippen molar-refractivity contribution in [2.75, 3.05) is 6.54 Å². The van der Waals surface area contributed by atoms with Gasteiger partial charge in [0.05, 0.1) is 0 Å². The van der Waals surface area contributed by atoms with Gasteiger partial charge in [-0.3, -0.25) is 4.79 Å². The molecule has 0 saturated heterocycles. The van der Waals surface area contributed by atoms with E-state index in [1.807, 2.05) is 18.2 Å². The summed E-state index contributed by atoms with van der Waals surface area (Å²) in [6, 6.07) is 12.7. The molecule has 0 radical (unpaired) electrons. The molecular formula is C16H17NO4. The fraction of sp³-hybridized carbons (Fsp3) is 0.250. The summed E-state index contributed by atoms with van der Waals surface area (Å²) in [7, 11) is 0. The Bertz CT molecular complexity index is 618. The lowest BCUT2D eigenvalue weighted by molar-refractivity contribution is 0.0659. The first kappa shape index (κ1) is 14.8. The number of rotatable bonds is 6. The predicted octanol–water partition coefficient (Wildman–Crippen LogP) is 2.90. The number of carboxylic acid groups (broad SMARTS) is 1. The van der Waals surface area contributed by atoms with Crippen molar-refractivity contribution in [2.24, 2.45) is 0 Å². The fourth-order valence-corrected chi connectivity index (χ4v) is 2.01. The third-order valence-electron chi connectivity index (χ3n) is 3.27. The molecule has 5 heteroatoms. The maximum Gasteiger partial charge on any atom is 0.371 e. The first-order chi connectivity index (χ1) is 10.1. The highest BCUT2D eigenvalue weighted by molar-refractivity contribution is 5.93. The van der Waals surface area contributed by atoms with E-state index < -0.39 is 11.9 Å². The summed E-state index contributed by atoms with van der Waals surface area (Å²) >= 11 is 0. The average molecular weight is 287 g/mol. The van der Waals surface area contributed by atoms with E-state index in [4.69, 9.17) is 9.52 Å². The van der Waals surface area contributed by atoms with Gasteiger partial charge < -0.3 is 14.8 Å². The molecule has 110 valence electrons. The first-order valence-electron chi connectivity index (χ1n) is 6.74. The molecule has 2 aromatic rings. The normalized spacial score (nSPS) is 11.9. The number of hydrogen-bond donors (Lipinski definition) is 2. The van der Waals surface area contributed by atoms with Gasteiger partial charge in [-0.1, -0.05) is 37.3 Å². The second-order valence-electron chi connectivity index (χ2n) is 4.83. The molecule has 0 aliphatic carbocycles. The predicted molar refractivity (Wildman–Crippen MR) is 77.5 cm³/mol. The smallest absolute Gasteiger partial charge is 0.371 e. The molecule has 0 spiro atoms. The fourth-order valence-electron chi connectivity index (χ4n) is 2.01. The highest BCUT2D eigenvalue weighted by atomic mass is 16.4. The third-order valence-corrected chi connectivity index (χ3v) is 3.27. The second-order valence-corrected chi connectivity index (χ2v) is 4.83. The monoisotopic (exact) mass is 287 g/mol. The SMILES string of the molecule is CC(CCNC(=O)c1ccc(C(=O)O)o1)c1ccccc1. The number of aromatic carboxylic acids is 1. The molecule has 2 rings (SSSR count). The quantitative estimate of drug-likeness (QED) is 0.856. The molecule has 1 unspecified atom stereocenters. The Balaban J connectivity index is 1.82. The molecule has 0 aliphatic rings. The molecule has 1 heterocycles. The van der Waals surface area contributed by atoms with Gasteiger partial charge in [0.15, 0.2) is 5.76 Å². The van der Waals surface area contributed by atoms with Crippen molar-refractivity contribution in [1.82, 2.24) is 5.32 Å². The third kappa shape index (κ3) is 3.95. The van der Waals surface area contributed by atoms with Crippen molar-refractivity contribution in [3.63, 3.8) is 0 Å². The van der Waals surface area contributed by atoms with Gasteiger partial charge >= 0.3 is 5.97 Å². The van der Waals surface area contributed by atoms with Crippen molar-refractivity contribution in [3.05, 3.63) is 59.5 Å². The topological polar surface area (TPSA) is 79.5 Å². The zero-order valence-corrected chi connectivity index (χ0v) is 11.7. The zero-order chi connectivity index (χ0) is 15.2. The second kappa shape index (κ2) is 6.74. The standard InChI is InChI=1S/C16H17NO4/c1-11(12-5-3-2-4-6-12)9-10-17-15(18)13-7-8-14(21-13)16(19)20/h2-8,11H,9-10H2,1H3,(H,17,18)(H,19,20). The van der Waals surface area contributed by atoms with Crippen LogP contribution in [0.15, 0.2) is 46.9 Å². The van der Waals surface area contributed by atoms with E-state index in [1.54, 1.807) is 0 Å². The van der Waals surface area contributed by atoms with Gasteiger partial charge in [-0.15, -0.1) is 0 Å². The number of benzene rings is 1. The Morgan fingerprint density at radius 1 is 1.14 bits per heavy atom. The van der Waals surface area contributed by atoms with Crippen molar-refractivity contribution in [1.29, 1.82) is 0 Å². The lowest BCUT2D eigenvalue weighted by Crippen LogP contribution is -2.24. The Morgan fingerprint density at radius 3 is 2.43 bits per heavy atom. The Morgan fingerprint density at radius 2 is 1.81 bits per heavy atom. The van der Waals surface area contributed by atoms with E-state index in [2.05, 4.69) is 24.4 Å². The molecule has 0 saturated carbocycles.